The molecule has 3 heterocycles. The zero-order valence-corrected chi connectivity index (χ0v) is 14.2. The summed E-state index contributed by atoms with van der Waals surface area (Å²) >= 11 is 0. The van der Waals surface area contributed by atoms with E-state index in [1.54, 1.807) is 35.1 Å². The summed E-state index contributed by atoms with van der Waals surface area (Å²) in [6, 6.07) is 3.68. The first kappa shape index (κ1) is 15.8. The Bertz CT molecular complexity index is 812. The fourth-order valence-electron chi connectivity index (χ4n) is 2.91. The third-order valence-electron chi connectivity index (χ3n) is 4.50. The highest BCUT2D eigenvalue weighted by Gasteiger charge is 2.36. The number of amides is 1. The van der Waals surface area contributed by atoms with E-state index >= 15 is 0 Å². The van der Waals surface area contributed by atoms with Gasteiger partial charge >= 0.3 is 0 Å². The van der Waals surface area contributed by atoms with Crippen molar-refractivity contribution < 1.29 is 9.63 Å². The molecule has 8 nitrogen and oxygen atoms in total. The average Bonchev–Trinajstić information content (AvgIpc) is 3.24. The van der Waals surface area contributed by atoms with Crippen LogP contribution in [-0.2, 0) is 11.9 Å². The van der Waals surface area contributed by atoms with Gasteiger partial charge in [-0.05, 0) is 31.9 Å². The molecule has 0 radical (unpaired) electrons. The van der Waals surface area contributed by atoms with Crippen LogP contribution in [0.25, 0.3) is 0 Å². The van der Waals surface area contributed by atoms with Crippen LogP contribution >= 0.6 is 0 Å². The van der Waals surface area contributed by atoms with Gasteiger partial charge in [0.1, 0.15) is 5.69 Å². The van der Waals surface area contributed by atoms with Crippen LogP contribution in [0, 0.1) is 5.92 Å². The predicted octanol–water partition coefficient (Wildman–Crippen LogP) is 1.50. The highest BCUT2D eigenvalue weighted by atomic mass is 16.7. The second-order valence-corrected chi connectivity index (χ2v) is 6.21. The number of hydrogen-bond acceptors (Lipinski definition) is 6. The maximum Gasteiger partial charge on any atom is 0.276 e. The minimum atomic E-state index is -0.145. The van der Waals surface area contributed by atoms with Crippen molar-refractivity contribution in [3.05, 3.63) is 42.2 Å². The van der Waals surface area contributed by atoms with E-state index in [1.165, 1.54) is 0 Å². The number of aromatic nitrogens is 3. The summed E-state index contributed by atoms with van der Waals surface area (Å²) in [7, 11) is 1.81. The quantitative estimate of drug-likeness (QED) is 0.892. The van der Waals surface area contributed by atoms with Gasteiger partial charge in [0.2, 0.25) is 0 Å². The molecule has 2 aliphatic rings. The number of carbonyl (C=O) groups is 1. The van der Waals surface area contributed by atoms with E-state index < -0.39 is 0 Å². The van der Waals surface area contributed by atoms with E-state index in [0.717, 1.165) is 18.5 Å². The fourth-order valence-corrected chi connectivity index (χ4v) is 2.91. The minimum absolute atomic E-state index is 0.130. The Hall–Kier alpha value is -2.74. The van der Waals surface area contributed by atoms with Gasteiger partial charge in [0.15, 0.2) is 17.9 Å². The zero-order valence-electron chi connectivity index (χ0n) is 14.2. The molecule has 2 aromatic rings. The number of pyridine rings is 1. The number of aliphatic imine (C=N–C) groups is 1. The van der Waals surface area contributed by atoms with Gasteiger partial charge in [0, 0.05) is 25.7 Å². The summed E-state index contributed by atoms with van der Waals surface area (Å²) in [6.45, 7) is 2.47. The maximum absolute atomic E-state index is 13.0. The number of carbonyl (C=O) groups excluding carboxylic acids is 1. The van der Waals surface area contributed by atoms with Crippen LogP contribution in [0.2, 0.25) is 0 Å². The number of nitrogens with one attached hydrogen (secondary N) is 1. The van der Waals surface area contributed by atoms with E-state index in [-0.39, 0.29) is 12.1 Å². The van der Waals surface area contributed by atoms with Crippen LogP contribution in [0.4, 0.5) is 5.69 Å². The molecule has 1 fully saturated rings. The third-order valence-corrected chi connectivity index (χ3v) is 4.50. The summed E-state index contributed by atoms with van der Waals surface area (Å²) < 4.78 is 1.74. The molecule has 130 valence electrons. The molecule has 2 aromatic heterocycles. The fraction of sp³-hybridized carbons (Fsp3) is 0.412. The normalized spacial score (nSPS) is 19.4. The number of hydroxylamine groups is 1. The lowest BCUT2D eigenvalue weighted by atomic mass is 10.3. The van der Waals surface area contributed by atoms with Gasteiger partial charge in [-0.2, -0.15) is 0 Å². The molecule has 4 rings (SSSR count). The van der Waals surface area contributed by atoms with Gasteiger partial charge in [0.25, 0.3) is 5.91 Å². The van der Waals surface area contributed by atoms with E-state index in [9.17, 15) is 4.79 Å². The molecule has 1 aliphatic heterocycles. The molecule has 1 atom stereocenters. The van der Waals surface area contributed by atoms with Gasteiger partial charge in [-0.3, -0.25) is 9.78 Å². The topological polar surface area (TPSA) is 84.6 Å². The Morgan fingerprint density at radius 1 is 1.44 bits per heavy atom. The molecule has 0 bridgehead atoms. The van der Waals surface area contributed by atoms with Crippen LogP contribution < -0.4 is 10.4 Å². The van der Waals surface area contributed by atoms with Crippen LogP contribution in [0.15, 0.2) is 35.7 Å². The molecule has 1 unspecified atom stereocenters. The Kier molecular flexibility index (Phi) is 3.96. The van der Waals surface area contributed by atoms with Crippen molar-refractivity contribution in [2.75, 3.05) is 11.4 Å². The van der Waals surface area contributed by atoms with Crippen molar-refractivity contribution in [2.45, 2.75) is 26.0 Å². The molecule has 1 N–H and O–H groups in total. The Morgan fingerprint density at radius 2 is 2.28 bits per heavy atom. The Morgan fingerprint density at radius 3 is 2.96 bits per heavy atom. The Labute approximate surface area is 145 Å². The zero-order chi connectivity index (χ0) is 17.4. The SMILES string of the molecule is CCN(C(=O)c1cnc(C2=NC(C3CC3)ON2)n1C)c1cccnc1. The van der Waals surface area contributed by atoms with E-state index in [1.807, 2.05) is 19.1 Å². The first-order valence-electron chi connectivity index (χ1n) is 8.42. The van der Waals surface area contributed by atoms with Crippen molar-refractivity contribution in [1.82, 2.24) is 20.0 Å². The van der Waals surface area contributed by atoms with Crippen molar-refractivity contribution >= 4 is 17.4 Å². The maximum atomic E-state index is 13.0. The minimum Gasteiger partial charge on any atom is -0.320 e. The third kappa shape index (κ3) is 2.89. The van der Waals surface area contributed by atoms with E-state index in [0.29, 0.717) is 29.8 Å². The number of rotatable bonds is 5. The monoisotopic (exact) mass is 340 g/mol. The van der Waals surface area contributed by atoms with Crippen LogP contribution in [-0.4, -0.2) is 39.1 Å². The molecular weight excluding hydrogens is 320 g/mol. The summed E-state index contributed by atoms with van der Waals surface area (Å²) in [5.74, 6) is 1.53. The van der Waals surface area contributed by atoms with Gasteiger partial charge in [0.05, 0.1) is 18.1 Å². The Balaban J connectivity index is 1.60. The molecule has 0 saturated heterocycles. The standard InChI is InChI=1S/C17H20N6O2/c1-3-23(12-5-4-8-18-9-12)17(24)13-10-19-15(22(13)2)14-20-16(25-21-14)11-6-7-11/h4-5,8-11,16H,3,6-7H2,1-2H3,(H,20,21). The van der Waals surface area contributed by atoms with Gasteiger partial charge in [-0.15, -0.1) is 0 Å². The lowest BCUT2D eigenvalue weighted by Gasteiger charge is -2.20. The highest BCUT2D eigenvalue weighted by molar-refractivity contribution is 6.06. The van der Waals surface area contributed by atoms with Gasteiger partial charge < -0.3 is 9.47 Å². The van der Waals surface area contributed by atoms with E-state index in [4.69, 9.17) is 4.84 Å². The van der Waals surface area contributed by atoms with Gasteiger partial charge in [-0.25, -0.2) is 20.3 Å². The second-order valence-electron chi connectivity index (χ2n) is 6.21. The molecular formula is C17H20N6O2. The van der Waals surface area contributed by atoms with Crippen molar-refractivity contribution in [1.29, 1.82) is 0 Å². The largest absolute Gasteiger partial charge is 0.320 e. The number of anilines is 1. The number of hydrogen-bond donors (Lipinski definition) is 1. The van der Waals surface area contributed by atoms with Crippen LogP contribution in [0.1, 0.15) is 36.1 Å². The van der Waals surface area contributed by atoms with Gasteiger partial charge in [-0.1, -0.05) is 0 Å². The summed E-state index contributed by atoms with van der Waals surface area (Å²) in [6.07, 6.45) is 7.08. The molecule has 1 aliphatic carbocycles. The molecule has 1 saturated carbocycles. The first-order valence-corrected chi connectivity index (χ1v) is 8.42. The second kappa shape index (κ2) is 6.29. The molecule has 25 heavy (non-hydrogen) atoms. The number of imidazole rings is 1. The first-order chi connectivity index (χ1) is 12.2. The number of amidine groups is 1. The average molecular weight is 340 g/mol. The molecule has 8 heteroatoms. The van der Waals surface area contributed by atoms with Crippen molar-refractivity contribution in [3.63, 3.8) is 0 Å². The lowest BCUT2D eigenvalue weighted by molar-refractivity contribution is 0.0248. The lowest BCUT2D eigenvalue weighted by Crippen LogP contribution is -2.32. The predicted molar refractivity (Wildman–Crippen MR) is 92.1 cm³/mol. The molecule has 0 spiro atoms. The van der Waals surface area contributed by atoms with Crippen molar-refractivity contribution in [3.8, 4) is 0 Å². The molecule has 0 aromatic carbocycles. The smallest absolute Gasteiger partial charge is 0.276 e. The number of nitrogens with zero attached hydrogens (tertiary/aromatic N) is 5. The summed E-state index contributed by atoms with van der Waals surface area (Å²) in [4.78, 5) is 33.1. The molecule has 1 amide bonds. The van der Waals surface area contributed by atoms with Crippen LogP contribution in [0.5, 0.6) is 0 Å². The summed E-state index contributed by atoms with van der Waals surface area (Å²) in [5.41, 5.74) is 4.09. The summed E-state index contributed by atoms with van der Waals surface area (Å²) in [5, 5.41) is 0. The van der Waals surface area contributed by atoms with Crippen molar-refractivity contribution in [2.24, 2.45) is 18.0 Å². The van der Waals surface area contributed by atoms with Crippen LogP contribution in [0.3, 0.4) is 0 Å². The highest BCUT2D eigenvalue weighted by Crippen LogP contribution is 2.36. The van der Waals surface area contributed by atoms with E-state index in [2.05, 4.69) is 20.4 Å².